The van der Waals surface area contributed by atoms with Crippen LogP contribution < -0.4 is 0 Å². The molecule has 1 aliphatic rings. The molecule has 0 radical (unpaired) electrons. The summed E-state index contributed by atoms with van der Waals surface area (Å²) in [6.07, 6.45) is 0. The highest BCUT2D eigenvalue weighted by Gasteiger charge is 1.94. The Morgan fingerprint density at radius 1 is 1.25 bits per heavy atom. The second kappa shape index (κ2) is 1.99. The summed E-state index contributed by atoms with van der Waals surface area (Å²) < 4.78 is 4.50. The Morgan fingerprint density at radius 2 is 1.50 bits per heavy atom. The van der Waals surface area contributed by atoms with Crippen LogP contribution in [0.3, 0.4) is 0 Å². The van der Waals surface area contributed by atoms with Gasteiger partial charge in [-0.3, -0.25) is 0 Å². The fraction of sp³-hybridized carbons (Fsp3) is 1.00. The summed E-state index contributed by atoms with van der Waals surface area (Å²) in [6.45, 7) is 2.00. The fourth-order valence-electron chi connectivity index (χ4n) is 0. The monoisotopic (exact) mass is 70.0 g/mol. The predicted octanol–water partition coefficient (Wildman–Crippen LogP) is -0.900. The summed E-state index contributed by atoms with van der Waals surface area (Å²) in [5, 5.41) is 0. The van der Waals surface area contributed by atoms with Crippen molar-refractivity contribution < 1.29 is 4.74 Å². The molecule has 0 aromatic rings. The zero-order valence-electron chi connectivity index (χ0n) is 1.82. The van der Waals surface area contributed by atoms with Crippen molar-refractivity contribution in [3.8, 4) is 0 Å². The van der Waals surface area contributed by atoms with E-state index in [-0.39, 0.29) is 23.1 Å². The van der Waals surface area contributed by atoms with Crippen LogP contribution in [0, 0.1) is 0 Å². The van der Waals surface area contributed by atoms with Gasteiger partial charge in [-0.05, 0) is 0 Å². The van der Waals surface area contributed by atoms with Crippen molar-refractivity contribution in [2.24, 2.45) is 0 Å². The molecule has 0 saturated carbocycles. The number of ether oxygens (including phenoxy) is 1. The topological polar surface area (TPSA) is 12.5 Å². The first-order valence-corrected chi connectivity index (χ1v) is 1.08. The lowest BCUT2D eigenvalue weighted by molar-refractivity contribution is 0.475. The molecule has 1 saturated heterocycles. The molecule has 0 aliphatic carbocycles. The number of epoxide rings is 1. The van der Waals surface area contributed by atoms with Gasteiger partial charge in [-0.1, -0.05) is 0 Å². The van der Waals surface area contributed by atoms with Crippen molar-refractivity contribution >= 4 is 23.1 Å². The minimum atomic E-state index is 0. The SMILES string of the molecule is C1CO1.[MgH2]. The highest BCUT2D eigenvalue weighted by atomic mass is 24.3. The molecule has 0 bridgehead atoms. The molecule has 0 unspecified atom stereocenters. The van der Waals surface area contributed by atoms with E-state index in [0.29, 0.717) is 0 Å². The van der Waals surface area contributed by atoms with Crippen molar-refractivity contribution in [2.45, 2.75) is 0 Å². The Bertz CT molecular complexity index is 10.8. The van der Waals surface area contributed by atoms with Crippen LogP contribution in [0.1, 0.15) is 0 Å². The molecule has 1 fully saturated rings. The summed E-state index contributed by atoms with van der Waals surface area (Å²) in [6, 6.07) is 0. The summed E-state index contributed by atoms with van der Waals surface area (Å²) in [4.78, 5) is 0. The van der Waals surface area contributed by atoms with Gasteiger partial charge in [-0.15, -0.1) is 0 Å². The average Bonchev–Trinajstić information content (AvgIpc) is 1.46. The lowest BCUT2D eigenvalue weighted by atomic mass is 11.0. The van der Waals surface area contributed by atoms with Gasteiger partial charge in [0.15, 0.2) is 0 Å². The van der Waals surface area contributed by atoms with E-state index >= 15 is 0 Å². The van der Waals surface area contributed by atoms with E-state index in [4.69, 9.17) is 0 Å². The van der Waals surface area contributed by atoms with E-state index in [1.807, 2.05) is 0 Å². The minimum Gasteiger partial charge on any atom is -0.377 e. The van der Waals surface area contributed by atoms with Crippen LogP contribution in [0.5, 0.6) is 0 Å². The maximum absolute atomic E-state index is 4.50. The minimum absolute atomic E-state index is 0. The maximum Gasteiger partial charge on any atom is 0.316 e. The zero-order valence-corrected chi connectivity index (χ0v) is 1.82. The van der Waals surface area contributed by atoms with Gasteiger partial charge >= 0.3 is 23.1 Å². The molecule has 4 heavy (non-hydrogen) atoms. The van der Waals surface area contributed by atoms with Crippen LogP contribution in [0.25, 0.3) is 0 Å². The number of hydrogen-bond acceptors (Lipinski definition) is 1. The molecule has 1 nitrogen and oxygen atoms in total. The third-order valence-corrected chi connectivity index (χ3v) is 0.204. The predicted molar refractivity (Wildman–Crippen MR) is 19.4 cm³/mol. The van der Waals surface area contributed by atoms with Crippen molar-refractivity contribution in [1.82, 2.24) is 0 Å². The molecule has 0 spiro atoms. The largest absolute Gasteiger partial charge is 0.377 e. The van der Waals surface area contributed by atoms with Crippen molar-refractivity contribution in [3.63, 3.8) is 0 Å². The van der Waals surface area contributed by atoms with Crippen LogP contribution in [0.15, 0.2) is 0 Å². The van der Waals surface area contributed by atoms with E-state index in [1.165, 1.54) is 0 Å². The van der Waals surface area contributed by atoms with E-state index in [1.54, 1.807) is 0 Å². The molecule has 2 heteroatoms. The lowest BCUT2D eigenvalue weighted by Gasteiger charge is -1.24. The van der Waals surface area contributed by atoms with Crippen LogP contribution >= 0.6 is 0 Å². The second-order valence-electron chi connectivity index (χ2n) is 0.612. The van der Waals surface area contributed by atoms with Crippen molar-refractivity contribution in [3.05, 3.63) is 0 Å². The Labute approximate surface area is 41.5 Å². The molecule has 22 valence electrons. The Hall–Kier alpha value is 0.726. The van der Waals surface area contributed by atoms with Gasteiger partial charge in [-0.2, -0.15) is 0 Å². The first-order valence-electron chi connectivity index (χ1n) is 1.08. The molecule has 0 atom stereocenters. The van der Waals surface area contributed by atoms with Gasteiger partial charge in [0.2, 0.25) is 0 Å². The first kappa shape index (κ1) is 4.73. The fourth-order valence-corrected chi connectivity index (χ4v) is 0. The van der Waals surface area contributed by atoms with Gasteiger partial charge in [0.05, 0.1) is 13.2 Å². The molecule has 1 heterocycles. The highest BCUT2D eigenvalue weighted by molar-refractivity contribution is 5.75. The lowest BCUT2D eigenvalue weighted by Crippen LogP contribution is -1.20. The summed E-state index contributed by atoms with van der Waals surface area (Å²) in [7, 11) is 0. The van der Waals surface area contributed by atoms with Crippen LogP contribution in [-0.4, -0.2) is 36.3 Å². The van der Waals surface area contributed by atoms with E-state index in [9.17, 15) is 0 Å². The smallest absolute Gasteiger partial charge is 0.316 e. The van der Waals surface area contributed by atoms with E-state index in [2.05, 4.69) is 4.74 Å². The van der Waals surface area contributed by atoms with Gasteiger partial charge in [0.25, 0.3) is 0 Å². The quantitative estimate of drug-likeness (QED) is 0.266. The van der Waals surface area contributed by atoms with Gasteiger partial charge in [0.1, 0.15) is 0 Å². The molecule has 0 aromatic carbocycles. The van der Waals surface area contributed by atoms with Gasteiger partial charge in [-0.25, -0.2) is 0 Å². The Balaban J connectivity index is 0.0000000900. The molecular weight excluding hydrogens is 64.3 g/mol. The highest BCUT2D eigenvalue weighted by Crippen LogP contribution is 1.84. The molecule has 1 aliphatic heterocycles. The van der Waals surface area contributed by atoms with Crippen LogP contribution in [-0.2, 0) is 4.74 Å². The zero-order chi connectivity index (χ0) is 2.12. The third-order valence-electron chi connectivity index (χ3n) is 0.204. The van der Waals surface area contributed by atoms with E-state index in [0.717, 1.165) is 13.2 Å². The van der Waals surface area contributed by atoms with Crippen LogP contribution in [0.4, 0.5) is 0 Å². The second-order valence-corrected chi connectivity index (χ2v) is 0.612. The molecule has 0 aromatic heterocycles. The van der Waals surface area contributed by atoms with Gasteiger partial charge in [0, 0.05) is 0 Å². The van der Waals surface area contributed by atoms with E-state index < -0.39 is 0 Å². The van der Waals surface area contributed by atoms with Crippen LogP contribution in [0.2, 0.25) is 0 Å². The first-order chi connectivity index (χ1) is 1.50. The normalized spacial score (nSPS) is 18.0. The summed E-state index contributed by atoms with van der Waals surface area (Å²) >= 11 is 0. The molecular formula is C2H6MgO. The summed E-state index contributed by atoms with van der Waals surface area (Å²) in [5.41, 5.74) is 0. The van der Waals surface area contributed by atoms with Crippen molar-refractivity contribution in [1.29, 1.82) is 0 Å². The van der Waals surface area contributed by atoms with Gasteiger partial charge < -0.3 is 4.74 Å². The molecule has 1 rings (SSSR count). The average molecular weight is 70.4 g/mol. The Morgan fingerprint density at radius 3 is 1.50 bits per heavy atom. The number of hydrogen-bond donors (Lipinski definition) is 0. The molecule has 0 N–H and O–H groups in total. The number of rotatable bonds is 0. The third kappa shape index (κ3) is 2.73. The summed E-state index contributed by atoms with van der Waals surface area (Å²) in [5.74, 6) is 0. The standard InChI is InChI=1S/C2H4O.Mg.2H/c1-2-3-1;;;/h1-2H2;;;. The molecule has 0 amide bonds. The maximum atomic E-state index is 4.50. The Kier molecular flexibility index (Phi) is 2.36. The van der Waals surface area contributed by atoms with Crippen molar-refractivity contribution in [2.75, 3.05) is 13.2 Å².